The lowest BCUT2D eigenvalue weighted by molar-refractivity contribution is -1.02. The Morgan fingerprint density at radius 2 is 1.66 bits per heavy atom. The summed E-state index contributed by atoms with van der Waals surface area (Å²) in [5, 5.41) is 6.60. The highest BCUT2D eigenvalue weighted by Crippen LogP contribution is 2.17. The molecule has 0 aliphatic carbocycles. The van der Waals surface area contributed by atoms with Crippen molar-refractivity contribution < 1.29 is 14.6 Å². The largest absolute Gasteiger partial charge is 0.378 e. The molecular weight excluding hydrogens is 386 g/mol. The molecule has 2 aromatic rings. The minimum absolute atomic E-state index is 0.193. The van der Waals surface area contributed by atoms with Gasteiger partial charge in [0.2, 0.25) is 0 Å². The normalized spacial score (nSPS) is 20.0. The van der Waals surface area contributed by atoms with Crippen LogP contribution in [-0.4, -0.2) is 59.9 Å². The number of anilines is 2. The predicted octanol–water partition coefficient (Wildman–Crippen LogP) is 0.682. The van der Waals surface area contributed by atoms with E-state index in [0.717, 1.165) is 31.9 Å². The molecule has 1 heterocycles. The summed E-state index contributed by atoms with van der Waals surface area (Å²) in [6, 6.07) is 15.9. The van der Waals surface area contributed by atoms with Crippen LogP contribution in [0.25, 0.3) is 0 Å². The number of quaternary nitrogens is 2. The van der Waals surface area contributed by atoms with E-state index in [2.05, 4.69) is 46.8 Å². The molecule has 0 aromatic heterocycles. The van der Waals surface area contributed by atoms with Gasteiger partial charge in [-0.1, -0.05) is 23.7 Å². The lowest BCUT2D eigenvalue weighted by Crippen LogP contribution is -3.27. The zero-order valence-corrected chi connectivity index (χ0v) is 18.2. The number of likely N-dealkylation sites (N-methyl/N-ethyl adjacent to an activating group) is 1. The summed E-state index contributed by atoms with van der Waals surface area (Å²) >= 11 is 5.91. The molecule has 1 aliphatic heterocycles. The number of piperazine rings is 1. The Hall–Kier alpha value is -2.28. The van der Waals surface area contributed by atoms with Gasteiger partial charge < -0.3 is 25.3 Å². The van der Waals surface area contributed by atoms with Crippen LogP contribution < -0.4 is 25.3 Å². The highest BCUT2D eigenvalue weighted by molar-refractivity contribution is 6.30. The number of nitrogens with one attached hydrogen (secondary N) is 4. The molecule has 156 valence electrons. The lowest BCUT2D eigenvalue weighted by atomic mass is 10.0. The van der Waals surface area contributed by atoms with Gasteiger partial charge in [0.15, 0.2) is 0 Å². The third-order valence-electron chi connectivity index (χ3n) is 5.62. The number of amides is 2. The van der Waals surface area contributed by atoms with Crippen LogP contribution in [-0.2, 0) is 0 Å². The fraction of sp³-hybridized carbons (Fsp3) is 0.409. The molecule has 1 atom stereocenters. The summed E-state index contributed by atoms with van der Waals surface area (Å²) in [4.78, 5) is 17.6. The molecule has 1 aliphatic rings. The first-order chi connectivity index (χ1) is 13.9. The number of urea groups is 1. The molecule has 6 nitrogen and oxygen atoms in total. The van der Waals surface area contributed by atoms with E-state index in [9.17, 15) is 4.79 Å². The summed E-state index contributed by atoms with van der Waals surface area (Å²) in [5.74, 6) is 0. The average Bonchev–Trinajstić information content (AvgIpc) is 2.71. The van der Waals surface area contributed by atoms with Gasteiger partial charge in [-0.25, -0.2) is 4.79 Å². The van der Waals surface area contributed by atoms with E-state index in [1.165, 1.54) is 16.2 Å². The van der Waals surface area contributed by atoms with Crippen LogP contribution in [0.4, 0.5) is 16.2 Å². The minimum Gasteiger partial charge on any atom is -0.378 e. The highest BCUT2D eigenvalue weighted by Gasteiger charge is 2.29. The molecule has 1 fully saturated rings. The number of benzene rings is 2. The third-order valence-corrected chi connectivity index (χ3v) is 5.87. The molecule has 4 N–H and O–H groups in total. The Bertz CT molecular complexity index is 786. The second kappa shape index (κ2) is 9.96. The number of nitrogens with zero attached hydrogens (tertiary/aromatic N) is 1. The fourth-order valence-corrected chi connectivity index (χ4v) is 3.88. The van der Waals surface area contributed by atoms with E-state index < -0.39 is 0 Å². The summed E-state index contributed by atoms with van der Waals surface area (Å²) in [6.45, 7) is 5.10. The fourth-order valence-electron chi connectivity index (χ4n) is 3.75. The minimum atomic E-state index is -0.193. The van der Waals surface area contributed by atoms with E-state index in [-0.39, 0.29) is 12.1 Å². The van der Waals surface area contributed by atoms with Crippen LogP contribution in [0.5, 0.6) is 0 Å². The van der Waals surface area contributed by atoms with Gasteiger partial charge in [0.1, 0.15) is 32.2 Å². The van der Waals surface area contributed by atoms with Crippen molar-refractivity contribution in [2.45, 2.75) is 6.04 Å². The molecule has 7 heteroatoms. The van der Waals surface area contributed by atoms with Crippen molar-refractivity contribution in [3.05, 3.63) is 59.1 Å². The molecule has 0 bridgehead atoms. The summed E-state index contributed by atoms with van der Waals surface area (Å²) < 4.78 is 0. The standard InChI is InChI=1S/C22H30ClN5O/c1-26(2)20-10-4-17(5-11-20)21(28-14-12-27(3)13-15-28)16-24-22(29)25-19-8-6-18(23)7-9-19/h4-11,21H,12-16H2,1-3H3,(H2,24,25,29)/p+2/t21-/m1/s1. The van der Waals surface area contributed by atoms with E-state index in [4.69, 9.17) is 11.6 Å². The highest BCUT2D eigenvalue weighted by atomic mass is 35.5. The molecule has 29 heavy (non-hydrogen) atoms. The first kappa shape index (κ1) is 21.4. The van der Waals surface area contributed by atoms with Gasteiger partial charge >= 0.3 is 6.03 Å². The summed E-state index contributed by atoms with van der Waals surface area (Å²) in [6.07, 6.45) is 0. The van der Waals surface area contributed by atoms with E-state index in [1.54, 1.807) is 29.2 Å². The van der Waals surface area contributed by atoms with Gasteiger partial charge in [0.25, 0.3) is 0 Å². The van der Waals surface area contributed by atoms with Crippen molar-refractivity contribution in [2.24, 2.45) is 0 Å². The van der Waals surface area contributed by atoms with E-state index >= 15 is 0 Å². The second-order valence-electron chi connectivity index (χ2n) is 8.00. The first-order valence-electron chi connectivity index (χ1n) is 10.2. The Balaban J connectivity index is 1.67. The smallest absolute Gasteiger partial charge is 0.319 e. The SMILES string of the molecule is CN(C)c1ccc([C@@H](CNC(=O)Nc2ccc(Cl)cc2)[NH+]2CC[NH+](C)CC2)cc1. The van der Waals surface area contributed by atoms with Gasteiger partial charge in [-0.15, -0.1) is 0 Å². The van der Waals surface area contributed by atoms with Crippen molar-refractivity contribution in [3.63, 3.8) is 0 Å². The van der Waals surface area contributed by atoms with Gasteiger partial charge in [0, 0.05) is 36.1 Å². The van der Waals surface area contributed by atoms with Gasteiger partial charge in [-0.05, 0) is 36.4 Å². The molecular formula is C22H32ClN5O+2. The zero-order chi connectivity index (χ0) is 20.8. The quantitative estimate of drug-likeness (QED) is 0.559. The molecule has 1 saturated heterocycles. The number of hydrogen-bond acceptors (Lipinski definition) is 2. The van der Waals surface area contributed by atoms with E-state index in [1.807, 2.05) is 14.1 Å². The van der Waals surface area contributed by atoms with Gasteiger partial charge in [-0.2, -0.15) is 0 Å². The second-order valence-corrected chi connectivity index (χ2v) is 8.43. The maximum absolute atomic E-state index is 12.4. The molecule has 2 aromatic carbocycles. The summed E-state index contributed by atoms with van der Waals surface area (Å²) in [7, 11) is 6.34. The Labute approximate surface area is 178 Å². The average molecular weight is 418 g/mol. The maximum atomic E-state index is 12.4. The lowest BCUT2D eigenvalue weighted by Gasteiger charge is -2.33. The molecule has 0 spiro atoms. The van der Waals surface area contributed by atoms with Crippen LogP contribution in [0.15, 0.2) is 48.5 Å². The molecule has 0 unspecified atom stereocenters. The van der Waals surface area contributed by atoms with Crippen molar-refractivity contribution in [2.75, 3.05) is 64.1 Å². The maximum Gasteiger partial charge on any atom is 0.319 e. The number of carbonyl (C=O) groups excluding carboxylic acids is 1. The first-order valence-corrected chi connectivity index (χ1v) is 10.5. The molecule has 3 rings (SSSR count). The number of rotatable bonds is 6. The number of hydrogen-bond donors (Lipinski definition) is 4. The third kappa shape index (κ3) is 6.10. The molecule has 0 saturated carbocycles. The van der Waals surface area contributed by atoms with Crippen molar-refractivity contribution in [1.82, 2.24) is 5.32 Å². The van der Waals surface area contributed by atoms with Crippen LogP contribution >= 0.6 is 11.6 Å². The topological polar surface area (TPSA) is 53.2 Å². The van der Waals surface area contributed by atoms with Crippen LogP contribution in [0, 0.1) is 0 Å². The molecule has 2 amide bonds. The monoisotopic (exact) mass is 417 g/mol. The number of carbonyl (C=O) groups is 1. The van der Waals surface area contributed by atoms with Crippen LogP contribution in [0.1, 0.15) is 11.6 Å². The predicted molar refractivity (Wildman–Crippen MR) is 119 cm³/mol. The Morgan fingerprint density at radius 3 is 2.24 bits per heavy atom. The number of halogens is 1. The summed E-state index contributed by atoms with van der Waals surface area (Å²) in [5.41, 5.74) is 3.17. The molecule has 0 radical (unpaired) electrons. The van der Waals surface area contributed by atoms with Crippen molar-refractivity contribution >= 4 is 29.0 Å². The Kier molecular flexibility index (Phi) is 7.36. The van der Waals surface area contributed by atoms with Gasteiger partial charge in [-0.3, -0.25) is 0 Å². The van der Waals surface area contributed by atoms with Gasteiger partial charge in [0.05, 0.1) is 13.6 Å². The van der Waals surface area contributed by atoms with Crippen LogP contribution in [0.2, 0.25) is 5.02 Å². The van der Waals surface area contributed by atoms with Crippen molar-refractivity contribution in [1.29, 1.82) is 0 Å². The zero-order valence-electron chi connectivity index (χ0n) is 17.5. The van der Waals surface area contributed by atoms with Crippen LogP contribution in [0.3, 0.4) is 0 Å². The Morgan fingerprint density at radius 1 is 1.03 bits per heavy atom. The van der Waals surface area contributed by atoms with Crippen molar-refractivity contribution in [3.8, 4) is 0 Å². The van der Waals surface area contributed by atoms with E-state index in [0.29, 0.717) is 11.6 Å².